The quantitative estimate of drug-likeness (QED) is 0.0851. The predicted octanol–water partition coefficient (Wildman–Crippen LogP) is 27.5. The Morgan fingerprint density at radius 3 is 0.809 bits per heavy atom. The minimum absolute atomic E-state index is 0. The summed E-state index contributed by atoms with van der Waals surface area (Å²) >= 11 is 0. The van der Waals surface area contributed by atoms with Gasteiger partial charge in [0.25, 0.3) is 0 Å². The molecule has 0 radical (unpaired) electrons. The summed E-state index contributed by atoms with van der Waals surface area (Å²) in [5, 5.41) is 0. The van der Waals surface area contributed by atoms with E-state index < -0.39 is 21.7 Å². The maximum Gasteiger partial charge on any atom is 2.00 e. The Labute approximate surface area is 855 Å². The zero-order chi connectivity index (χ0) is 92.5. The number of fused-ring (bicyclic) bond motifs is 12. The first-order chi connectivity index (χ1) is 66.5. The molecule has 0 saturated heterocycles. The van der Waals surface area contributed by atoms with E-state index in [-0.39, 0.29) is 90.4 Å². The van der Waals surface area contributed by atoms with Gasteiger partial charge in [-0.2, -0.15) is 97.1 Å². The van der Waals surface area contributed by atoms with Crippen molar-refractivity contribution in [3.05, 3.63) is 529 Å². The SMILES string of the molecule is [2H]c1ccc(C2(C)c3[c-]c(-c4[c-]c(Oc5ccccn5)ccc4)ccc3-c3ccccc32)nc1.[2H]c1cccc(C2(C)c3[c-]c(-c4[c-]c(Oc5ccccn5)ccc4)ccc3-c3ccccc32)n1.[2H]c1cccnc1C1(C)c2[c-]c(-c3[c-]c(Oc4ccccn4)ccc3)ccc2-c2ccccc21.[2H]c1ccnc(C2(C)c3[c-]c(-c4[c-]c(Oc5ccccn5)ccc4)ccc3-c3ccccc32)c1.[Pt+2].[Pt+2].[Pt+2].[Pt+2]. The Bertz CT molecular complexity index is 7690. The van der Waals surface area contributed by atoms with Gasteiger partial charge in [0.05, 0.1) is 28.3 Å². The number of rotatable bonds is 16. The first-order valence-electron chi connectivity index (χ1n) is 45.4. The number of hydrogen-bond acceptors (Lipinski definition) is 12. The first-order valence-corrected chi connectivity index (χ1v) is 43.4. The van der Waals surface area contributed by atoms with E-state index in [2.05, 4.69) is 256 Å². The van der Waals surface area contributed by atoms with E-state index in [1.54, 1.807) is 73.7 Å². The summed E-state index contributed by atoms with van der Waals surface area (Å²) in [5.74, 6) is 4.49. The van der Waals surface area contributed by atoms with E-state index in [0.29, 0.717) is 64.6 Å². The van der Waals surface area contributed by atoms with Crippen molar-refractivity contribution in [1.82, 2.24) is 39.9 Å². The molecule has 16 heteroatoms. The summed E-state index contributed by atoms with van der Waals surface area (Å²) in [6.45, 7) is 8.67. The number of hydrogen-bond donors (Lipinski definition) is 0. The molecule has 4 unspecified atom stereocenters. The van der Waals surface area contributed by atoms with Crippen LogP contribution >= 0.6 is 0 Å². The van der Waals surface area contributed by atoms with Crippen molar-refractivity contribution >= 4 is 0 Å². The van der Waals surface area contributed by atoms with Crippen molar-refractivity contribution in [2.45, 2.75) is 49.4 Å². The third-order valence-electron chi connectivity index (χ3n) is 24.9. The molecule has 12 nitrogen and oxygen atoms in total. The molecule has 4 aliphatic carbocycles. The zero-order valence-electron chi connectivity index (χ0n) is 77.4. The van der Waals surface area contributed by atoms with Gasteiger partial charge in [-0.1, -0.05) is 190 Å². The second-order valence-corrected chi connectivity index (χ2v) is 32.7. The summed E-state index contributed by atoms with van der Waals surface area (Å²) in [6, 6.07) is 142. The van der Waals surface area contributed by atoms with Crippen LogP contribution in [0.15, 0.2) is 413 Å². The fourth-order valence-electron chi connectivity index (χ4n) is 18.4. The van der Waals surface area contributed by atoms with Crippen LogP contribution in [-0.4, -0.2) is 39.9 Å². The number of benzene rings is 12. The molecule has 20 aromatic rings. The summed E-state index contributed by atoms with van der Waals surface area (Å²) in [4.78, 5) is 35.5. The first kappa shape index (κ1) is 88.4. The van der Waals surface area contributed by atoms with Crippen molar-refractivity contribution < 1.29 is 109 Å². The second kappa shape index (κ2) is 40.9. The monoisotopic (exact) mass is 2480 g/mol. The van der Waals surface area contributed by atoms with Crippen molar-refractivity contribution in [3.8, 4) is 136 Å². The van der Waals surface area contributed by atoms with Gasteiger partial charge in [-0.3, -0.25) is 19.9 Å². The Kier molecular flexibility index (Phi) is 26.6. The number of pyridine rings is 8. The molecule has 0 bridgehead atoms. The fraction of sp³-hybridized carbons (Fsp3) is 0.0667. The molecule has 4 atom stereocenters. The number of aromatic nitrogens is 8. The van der Waals surface area contributed by atoms with E-state index >= 15 is 0 Å². The van der Waals surface area contributed by atoms with Crippen LogP contribution in [0.2, 0.25) is 0 Å². The molecule has 0 amide bonds. The topological polar surface area (TPSA) is 140 Å². The number of nitrogens with zero attached hydrogens (tertiary/aromatic N) is 8. The largest absolute Gasteiger partial charge is 2.00 e. The normalized spacial score (nSPS) is 16.1. The van der Waals surface area contributed by atoms with Gasteiger partial charge >= 0.3 is 84.3 Å². The van der Waals surface area contributed by atoms with Crippen molar-refractivity contribution in [1.29, 1.82) is 0 Å². The van der Waals surface area contributed by atoms with Crippen molar-refractivity contribution in [3.63, 3.8) is 0 Å². The third-order valence-corrected chi connectivity index (χ3v) is 24.9. The Morgan fingerprint density at radius 2 is 0.485 bits per heavy atom. The maximum atomic E-state index is 8.59. The van der Waals surface area contributed by atoms with Gasteiger partial charge in [0.1, 0.15) is 0 Å². The molecular formula is C120H80N8O4Pt4. The van der Waals surface area contributed by atoms with Gasteiger partial charge in [-0.05, 0) is 123 Å². The zero-order valence-corrected chi connectivity index (χ0v) is 82.5. The van der Waals surface area contributed by atoms with E-state index in [1.165, 1.54) is 33.4 Å². The van der Waals surface area contributed by atoms with Crippen LogP contribution in [0.25, 0.3) is 89.0 Å². The third kappa shape index (κ3) is 18.1. The molecular weight excluding hydrogens is 2400 g/mol. The molecule has 4 aliphatic rings. The molecule has 24 rings (SSSR count). The van der Waals surface area contributed by atoms with Crippen molar-refractivity contribution in [2.75, 3.05) is 0 Å². The molecule has 0 aliphatic heterocycles. The molecule has 0 saturated carbocycles. The van der Waals surface area contributed by atoms with Gasteiger partial charge in [-0.25, -0.2) is 64.4 Å². The molecule has 664 valence electrons. The van der Waals surface area contributed by atoms with Gasteiger partial charge in [0.2, 0.25) is 23.5 Å². The molecule has 0 spiro atoms. The molecule has 0 fully saturated rings. The maximum absolute atomic E-state index is 8.59. The molecule has 12 aromatic carbocycles. The van der Waals surface area contributed by atoms with Crippen LogP contribution in [0.3, 0.4) is 0 Å². The van der Waals surface area contributed by atoms with Crippen LogP contribution in [-0.2, 0) is 106 Å². The number of ether oxygens (including phenoxy) is 4. The van der Waals surface area contributed by atoms with Gasteiger partial charge in [-0.15, -0.1) is 95.1 Å². The van der Waals surface area contributed by atoms with Crippen LogP contribution in [0.4, 0.5) is 0 Å². The minimum atomic E-state index is -0.581. The summed E-state index contributed by atoms with van der Waals surface area (Å²) in [7, 11) is 0. The van der Waals surface area contributed by atoms with E-state index in [9.17, 15) is 0 Å². The molecule has 8 aromatic heterocycles. The van der Waals surface area contributed by atoms with Crippen LogP contribution < -0.4 is 18.9 Å². The van der Waals surface area contributed by atoms with Crippen LogP contribution in [0.1, 0.15) is 100 Å². The summed E-state index contributed by atoms with van der Waals surface area (Å²) < 4.78 is 56.3. The Morgan fingerprint density at radius 1 is 0.206 bits per heavy atom. The van der Waals surface area contributed by atoms with E-state index in [1.807, 2.05) is 176 Å². The fourth-order valence-corrected chi connectivity index (χ4v) is 18.4. The standard InChI is InChI=1S/4C30H20N2O.4Pt/c4*1-30(28-13-4-6-17-31-28)26-12-3-2-11-24(26)25-16-15-22(20-27(25)30)21-9-8-10-23(19-21)33-29-14-5-7-18-32-29;;;;/h4*2-18H,1H3;;;;/q4*-2;4*+2/i17D;13D;6D;4D;;;;. The van der Waals surface area contributed by atoms with Gasteiger partial charge in [0, 0.05) is 118 Å². The second-order valence-electron chi connectivity index (χ2n) is 32.7. The Hall–Kier alpha value is -14.2. The minimum Gasteiger partial charge on any atom is -0.460 e. The predicted molar refractivity (Wildman–Crippen MR) is 516 cm³/mol. The van der Waals surface area contributed by atoms with Crippen molar-refractivity contribution in [2.24, 2.45) is 0 Å². The molecule has 136 heavy (non-hydrogen) atoms. The van der Waals surface area contributed by atoms with Gasteiger partial charge < -0.3 is 18.9 Å². The molecule has 8 heterocycles. The van der Waals surface area contributed by atoms with Gasteiger partial charge in [0.15, 0.2) is 0 Å². The van der Waals surface area contributed by atoms with Crippen LogP contribution in [0, 0.1) is 48.5 Å². The summed E-state index contributed by atoms with van der Waals surface area (Å²) in [5.41, 5.74) is 26.6. The Balaban J connectivity index is 0.000000128. The average Bonchev–Trinajstić information content (AvgIpc) is 1.58. The smallest absolute Gasteiger partial charge is 0.460 e. The summed E-state index contributed by atoms with van der Waals surface area (Å²) in [6.07, 6.45) is 12.1. The van der Waals surface area contributed by atoms with E-state index in [4.69, 9.17) is 24.4 Å². The van der Waals surface area contributed by atoms with E-state index in [0.717, 1.165) is 123 Å². The molecule has 0 N–H and O–H groups in total. The van der Waals surface area contributed by atoms with Crippen LogP contribution in [0.5, 0.6) is 46.5 Å². The average molecular weight is 2480 g/mol.